The first-order chi connectivity index (χ1) is 13.6. The minimum absolute atomic E-state index is 0.280. The van der Waals surface area contributed by atoms with Crippen LogP contribution in [0.3, 0.4) is 0 Å². The van der Waals surface area contributed by atoms with Crippen molar-refractivity contribution in [3.05, 3.63) is 65.1 Å². The van der Waals surface area contributed by atoms with E-state index in [4.69, 9.17) is 13.9 Å². The Morgan fingerprint density at radius 2 is 2.00 bits per heavy atom. The second kappa shape index (κ2) is 8.13. The summed E-state index contributed by atoms with van der Waals surface area (Å²) in [6.45, 7) is 4.56. The third-order valence-corrected chi connectivity index (χ3v) is 5.87. The molecule has 0 radical (unpaired) electrons. The van der Waals surface area contributed by atoms with Crippen molar-refractivity contribution in [2.24, 2.45) is 0 Å². The van der Waals surface area contributed by atoms with Gasteiger partial charge in [0, 0.05) is 23.2 Å². The van der Waals surface area contributed by atoms with Gasteiger partial charge in [-0.05, 0) is 37.5 Å². The largest absolute Gasteiger partial charge is 0.388 e. The predicted octanol–water partition coefficient (Wildman–Crippen LogP) is 3.83. The number of anilines is 1. The van der Waals surface area contributed by atoms with Crippen molar-refractivity contribution in [1.82, 2.24) is 9.38 Å². The molecule has 6 nitrogen and oxygen atoms in total. The van der Waals surface area contributed by atoms with Crippen LogP contribution in [0.2, 0.25) is 0 Å². The Labute approximate surface area is 169 Å². The second-order valence-electron chi connectivity index (χ2n) is 6.93. The SMILES string of the molecule is COSCCO[C@@H]1c2ccn3c(C)c(C)nc3c2N[C@H](c2ccccc2)[C@H]1O. The minimum atomic E-state index is -0.720. The van der Waals surface area contributed by atoms with E-state index in [1.165, 1.54) is 12.0 Å². The number of nitrogens with one attached hydrogen (secondary N) is 1. The average molecular weight is 400 g/mol. The summed E-state index contributed by atoms with van der Waals surface area (Å²) in [6.07, 6.45) is 0.837. The molecule has 148 valence electrons. The van der Waals surface area contributed by atoms with Gasteiger partial charge < -0.3 is 23.7 Å². The lowest BCUT2D eigenvalue weighted by Crippen LogP contribution is -2.38. The molecule has 1 aromatic carbocycles. The number of aryl methyl sites for hydroxylation is 2. The van der Waals surface area contributed by atoms with Crippen LogP contribution < -0.4 is 5.32 Å². The van der Waals surface area contributed by atoms with Crippen molar-refractivity contribution in [1.29, 1.82) is 0 Å². The number of benzene rings is 1. The Morgan fingerprint density at radius 3 is 2.75 bits per heavy atom. The van der Waals surface area contributed by atoms with E-state index >= 15 is 0 Å². The van der Waals surface area contributed by atoms with E-state index in [0.29, 0.717) is 12.4 Å². The number of hydrogen-bond acceptors (Lipinski definition) is 6. The lowest BCUT2D eigenvalue weighted by molar-refractivity contribution is -0.0454. The molecule has 0 bridgehead atoms. The molecule has 4 rings (SSSR count). The highest BCUT2D eigenvalue weighted by Crippen LogP contribution is 2.43. The van der Waals surface area contributed by atoms with E-state index in [0.717, 1.165) is 33.8 Å². The van der Waals surface area contributed by atoms with Crippen molar-refractivity contribution in [2.45, 2.75) is 32.1 Å². The molecule has 2 aromatic heterocycles. The van der Waals surface area contributed by atoms with E-state index in [1.807, 2.05) is 49.5 Å². The summed E-state index contributed by atoms with van der Waals surface area (Å²) in [4.78, 5) is 4.76. The van der Waals surface area contributed by atoms with Gasteiger partial charge in [0.15, 0.2) is 5.65 Å². The highest BCUT2D eigenvalue weighted by molar-refractivity contribution is 7.94. The molecule has 0 saturated heterocycles. The first kappa shape index (κ1) is 19.3. The molecule has 28 heavy (non-hydrogen) atoms. The summed E-state index contributed by atoms with van der Waals surface area (Å²) in [6, 6.07) is 11.7. The van der Waals surface area contributed by atoms with Crippen molar-refractivity contribution in [3.8, 4) is 0 Å². The lowest BCUT2D eigenvalue weighted by Gasteiger charge is -2.38. The first-order valence-corrected chi connectivity index (χ1v) is 10.3. The zero-order valence-electron chi connectivity index (χ0n) is 16.3. The summed E-state index contributed by atoms with van der Waals surface area (Å²) in [5.74, 6) is 0.697. The van der Waals surface area contributed by atoms with Gasteiger partial charge in [0.1, 0.15) is 12.2 Å². The van der Waals surface area contributed by atoms with Crippen LogP contribution in [0.15, 0.2) is 42.6 Å². The normalized spacial score (nSPS) is 21.5. The summed E-state index contributed by atoms with van der Waals surface area (Å²) >= 11 is 1.35. The lowest BCUT2D eigenvalue weighted by atomic mass is 9.89. The fraction of sp³-hybridized carbons (Fsp3) is 0.381. The summed E-state index contributed by atoms with van der Waals surface area (Å²) in [5, 5.41) is 14.7. The van der Waals surface area contributed by atoms with E-state index in [2.05, 4.69) is 16.6 Å². The Morgan fingerprint density at radius 1 is 1.21 bits per heavy atom. The number of rotatable bonds is 6. The molecule has 3 atom stereocenters. The Kier molecular flexibility index (Phi) is 5.59. The number of fused-ring (bicyclic) bond motifs is 3. The van der Waals surface area contributed by atoms with Crippen LogP contribution in [0, 0.1) is 13.8 Å². The number of aromatic nitrogens is 2. The van der Waals surface area contributed by atoms with Crippen LogP contribution >= 0.6 is 12.0 Å². The van der Waals surface area contributed by atoms with Gasteiger partial charge in [-0.15, -0.1) is 0 Å². The molecule has 1 aliphatic heterocycles. The van der Waals surface area contributed by atoms with Crippen LogP contribution in [0.5, 0.6) is 0 Å². The number of ether oxygens (including phenoxy) is 1. The topological polar surface area (TPSA) is 68.0 Å². The average Bonchev–Trinajstić information content (AvgIpc) is 3.01. The van der Waals surface area contributed by atoms with E-state index < -0.39 is 12.2 Å². The third-order valence-electron chi connectivity index (χ3n) is 5.30. The Bertz CT molecular complexity index is 960. The van der Waals surface area contributed by atoms with Gasteiger partial charge in [0.05, 0.1) is 31.1 Å². The van der Waals surface area contributed by atoms with Crippen LogP contribution in [0.4, 0.5) is 5.69 Å². The van der Waals surface area contributed by atoms with Crippen molar-refractivity contribution in [3.63, 3.8) is 0 Å². The summed E-state index contributed by atoms with van der Waals surface area (Å²) in [7, 11) is 1.64. The monoisotopic (exact) mass is 399 g/mol. The van der Waals surface area contributed by atoms with Gasteiger partial charge in [0.2, 0.25) is 0 Å². The van der Waals surface area contributed by atoms with E-state index in [1.54, 1.807) is 7.11 Å². The molecule has 3 heterocycles. The fourth-order valence-corrected chi connectivity index (χ4v) is 4.09. The Hall–Kier alpha value is -2.06. The second-order valence-corrected chi connectivity index (χ2v) is 7.90. The maximum Gasteiger partial charge on any atom is 0.161 e. The maximum atomic E-state index is 11.2. The molecule has 3 aromatic rings. The molecule has 1 aliphatic rings. The number of nitrogens with zero attached hydrogens (tertiary/aromatic N) is 2. The molecular weight excluding hydrogens is 374 g/mol. The number of hydrogen-bond donors (Lipinski definition) is 2. The van der Waals surface area contributed by atoms with Crippen LogP contribution in [0.1, 0.15) is 34.7 Å². The molecule has 0 amide bonds. The van der Waals surface area contributed by atoms with Crippen molar-refractivity contribution in [2.75, 3.05) is 24.8 Å². The minimum Gasteiger partial charge on any atom is -0.388 e. The zero-order chi connectivity index (χ0) is 19.7. The molecule has 0 spiro atoms. The third kappa shape index (κ3) is 3.39. The fourth-order valence-electron chi connectivity index (χ4n) is 3.76. The van der Waals surface area contributed by atoms with Crippen LogP contribution in [0.25, 0.3) is 5.65 Å². The predicted molar refractivity (Wildman–Crippen MR) is 112 cm³/mol. The van der Waals surface area contributed by atoms with Crippen molar-refractivity contribution < 1.29 is 14.0 Å². The molecule has 2 N–H and O–H groups in total. The standard InChI is InChI=1S/C21H25N3O3S/c1-13-14(2)24-10-9-16-18(21(24)22-13)23-17(15-7-5-4-6-8-15)19(25)20(16)27-11-12-28-26-3/h4-10,17,19-20,23,25H,11-12H2,1-3H3/t17-,19-,20-/m1/s1. The molecular formula is C21H25N3O3S. The molecule has 0 saturated carbocycles. The van der Waals surface area contributed by atoms with Crippen LogP contribution in [-0.4, -0.2) is 40.1 Å². The quantitative estimate of drug-likeness (QED) is 0.485. The zero-order valence-corrected chi connectivity index (χ0v) is 17.1. The highest BCUT2D eigenvalue weighted by Gasteiger charge is 2.38. The summed E-state index contributed by atoms with van der Waals surface area (Å²) < 4.78 is 13.3. The van der Waals surface area contributed by atoms with Crippen LogP contribution in [-0.2, 0) is 8.92 Å². The number of imidazole rings is 1. The molecule has 0 fully saturated rings. The van der Waals surface area contributed by atoms with Gasteiger partial charge in [-0.3, -0.25) is 0 Å². The van der Waals surface area contributed by atoms with E-state index in [-0.39, 0.29) is 6.04 Å². The number of aliphatic hydroxyl groups excluding tert-OH is 1. The first-order valence-electron chi connectivity index (χ1n) is 9.36. The van der Waals surface area contributed by atoms with Gasteiger partial charge in [0.25, 0.3) is 0 Å². The number of pyridine rings is 1. The Balaban J connectivity index is 1.77. The highest BCUT2D eigenvalue weighted by atomic mass is 32.2. The van der Waals surface area contributed by atoms with Crippen molar-refractivity contribution >= 4 is 23.4 Å². The molecule has 0 unspecified atom stereocenters. The van der Waals surface area contributed by atoms with Gasteiger partial charge in [-0.2, -0.15) is 0 Å². The smallest absolute Gasteiger partial charge is 0.161 e. The molecule has 7 heteroatoms. The van der Waals surface area contributed by atoms with E-state index in [9.17, 15) is 5.11 Å². The van der Waals surface area contributed by atoms with Gasteiger partial charge >= 0.3 is 0 Å². The maximum absolute atomic E-state index is 11.2. The number of aliphatic hydroxyl groups is 1. The molecule has 0 aliphatic carbocycles. The van der Waals surface area contributed by atoms with Gasteiger partial charge in [-0.1, -0.05) is 30.3 Å². The van der Waals surface area contributed by atoms with Gasteiger partial charge in [-0.25, -0.2) is 4.98 Å². The summed E-state index contributed by atoms with van der Waals surface area (Å²) in [5.41, 5.74) is 5.83.